The van der Waals surface area contributed by atoms with E-state index in [-0.39, 0.29) is 5.69 Å². The molecule has 0 unspecified atom stereocenters. The van der Waals surface area contributed by atoms with Crippen molar-refractivity contribution in [3.8, 4) is 0 Å². The molecule has 0 atom stereocenters. The van der Waals surface area contributed by atoms with Crippen LogP contribution in [-0.2, 0) is 11.8 Å². The number of carbonyl (C=O) groups is 1. The third kappa shape index (κ3) is 2.08. The van der Waals surface area contributed by atoms with E-state index in [2.05, 4.69) is 9.97 Å². The molecule has 100 valence electrons. The largest absolute Gasteiger partial charge is 0.477 e. The summed E-state index contributed by atoms with van der Waals surface area (Å²) in [6.45, 7) is 1.50. The van der Waals surface area contributed by atoms with Gasteiger partial charge >= 0.3 is 5.97 Å². The second-order valence-electron chi connectivity index (χ2n) is 4.78. The molecule has 19 heavy (non-hydrogen) atoms. The van der Waals surface area contributed by atoms with Crippen molar-refractivity contribution in [3.05, 3.63) is 23.7 Å². The first-order valence-electron chi connectivity index (χ1n) is 6.30. The summed E-state index contributed by atoms with van der Waals surface area (Å²) in [7, 11) is 1.69. The molecule has 1 fully saturated rings. The van der Waals surface area contributed by atoms with Crippen molar-refractivity contribution in [3.63, 3.8) is 0 Å². The van der Waals surface area contributed by atoms with Crippen LogP contribution in [0, 0.1) is 0 Å². The number of rotatable bonds is 2. The number of fused-ring (bicyclic) bond motifs is 1. The van der Waals surface area contributed by atoms with Gasteiger partial charge in [0.2, 0.25) is 0 Å². The number of carboxylic acids is 1. The number of carboxylic acid groups (broad SMARTS) is 1. The summed E-state index contributed by atoms with van der Waals surface area (Å²) in [4.78, 5) is 20.0. The molecule has 0 amide bonds. The Morgan fingerprint density at radius 3 is 2.89 bits per heavy atom. The Bertz CT molecular complexity index is 629. The van der Waals surface area contributed by atoms with Crippen molar-refractivity contribution in [2.75, 3.05) is 13.2 Å². The summed E-state index contributed by atoms with van der Waals surface area (Å²) in [6, 6.07) is 1.58. The number of aromatic carboxylic acids is 1. The van der Waals surface area contributed by atoms with Gasteiger partial charge in [0.1, 0.15) is 11.2 Å². The molecule has 0 radical (unpaired) electrons. The van der Waals surface area contributed by atoms with Crippen LogP contribution in [0.5, 0.6) is 0 Å². The van der Waals surface area contributed by atoms with Gasteiger partial charge in [-0.1, -0.05) is 0 Å². The predicted octanol–water partition coefficient (Wildman–Crippen LogP) is 1.56. The van der Waals surface area contributed by atoms with Gasteiger partial charge < -0.3 is 14.4 Å². The van der Waals surface area contributed by atoms with Crippen LogP contribution in [0.3, 0.4) is 0 Å². The van der Waals surface area contributed by atoms with Crippen LogP contribution >= 0.6 is 0 Å². The zero-order valence-electron chi connectivity index (χ0n) is 10.7. The number of ether oxygens (including phenoxy) is 1. The lowest BCUT2D eigenvalue weighted by atomic mass is 9.97. The Labute approximate surface area is 110 Å². The fourth-order valence-electron chi connectivity index (χ4n) is 2.50. The Hall–Kier alpha value is -1.95. The molecule has 0 spiro atoms. The molecule has 0 aliphatic carbocycles. The topological polar surface area (TPSA) is 77.2 Å². The summed E-state index contributed by atoms with van der Waals surface area (Å²) in [6.07, 6.45) is 3.64. The summed E-state index contributed by atoms with van der Waals surface area (Å²) in [5, 5.41) is 9.09. The first kappa shape index (κ1) is 12.1. The first-order valence-corrected chi connectivity index (χ1v) is 6.30. The minimum Gasteiger partial charge on any atom is -0.477 e. The van der Waals surface area contributed by atoms with Crippen LogP contribution in [0.2, 0.25) is 0 Å². The molecule has 6 heteroatoms. The van der Waals surface area contributed by atoms with Gasteiger partial charge in [0.25, 0.3) is 0 Å². The molecular weight excluding hydrogens is 246 g/mol. The third-order valence-electron chi connectivity index (χ3n) is 3.61. The second kappa shape index (κ2) is 4.62. The number of aromatic nitrogens is 3. The molecule has 1 aliphatic heterocycles. The number of hydrogen-bond donors (Lipinski definition) is 1. The van der Waals surface area contributed by atoms with Crippen molar-refractivity contribution in [2.45, 2.75) is 18.8 Å². The monoisotopic (exact) mass is 261 g/mol. The van der Waals surface area contributed by atoms with E-state index in [1.54, 1.807) is 23.9 Å². The number of nitrogens with zero attached hydrogens (tertiary/aromatic N) is 3. The van der Waals surface area contributed by atoms with E-state index in [0.717, 1.165) is 31.7 Å². The van der Waals surface area contributed by atoms with Crippen LogP contribution in [0.15, 0.2) is 12.3 Å². The van der Waals surface area contributed by atoms with Gasteiger partial charge in [0, 0.05) is 26.2 Å². The highest BCUT2D eigenvalue weighted by Gasteiger charge is 2.20. The number of aryl methyl sites for hydroxylation is 1. The van der Waals surface area contributed by atoms with E-state index in [9.17, 15) is 4.79 Å². The highest BCUT2D eigenvalue weighted by atomic mass is 16.5. The van der Waals surface area contributed by atoms with Crippen LogP contribution in [-0.4, -0.2) is 38.8 Å². The highest BCUT2D eigenvalue weighted by molar-refractivity contribution is 5.92. The summed E-state index contributed by atoms with van der Waals surface area (Å²) < 4.78 is 6.89. The van der Waals surface area contributed by atoms with Crippen LogP contribution in [0.1, 0.15) is 34.9 Å². The Morgan fingerprint density at radius 1 is 1.47 bits per heavy atom. The van der Waals surface area contributed by atoms with Crippen molar-refractivity contribution in [2.24, 2.45) is 7.05 Å². The van der Waals surface area contributed by atoms with E-state index in [4.69, 9.17) is 9.84 Å². The molecule has 2 aromatic heterocycles. The standard InChI is InChI=1S/C13H15N3O3/c1-16-11(13(17)18)6-9-12(16)14-7-10(15-9)8-2-4-19-5-3-8/h6-8H,2-5H2,1H3,(H,17,18). The van der Waals surface area contributed by atoms with E-state index >= 15 is 0 Å². The average molecular weight is 261 g/mol. The van der Waals surface area contributed by atoms with Gasteiger partial charge in [0.05, 0.1) is 11.9 Å². The average Bonchev–Trinajstić information content (AvgIpc) is 2.77. The maximum absolute atomic E-state index is 11.1. The fourth-order valence-corrected chi connectivity index (χ4v) is 2.50. The molecule has 0 saturated carbocycles. The molecule has 1 saturated heterocycles. The molecule has 1 N–H and O–H groups in total. The summed E-state index contributed by atoms with van der Waals surface area (Å²) in [5.74, 6) is -0.603. The zero-order valence-corrected chi connectivity index (χ0v) is 10.7. The van der Waals surface area contributed by atoms with Crippen molar-refractivity contribution in [1.82, 2.24) is 14.5 Å². The van der Waals surface area contributed by atoms with Crippen molar-refractivity contribution < 1.29 is 14.6 Å². The maximum Gasteiger partial charge on any atom is 0.352 e. The van der Waals surface area contributed by atoms with Crippen LogP contribution in [0.25, 0.3) is 11.2 Å². The quantitative estimate of drug-likeness (QED) is 0.887. The Morgan fingerprint density at radius 2 is 2.21 bits per heavy atom. The molecule has 1 aliphatic rings. The molecule has 0 aromatic carbocycles. The third-order valence-corrected chi connectivity index (χ3v) is 3.61. The minimum atomic E-state index is -0.963. The van der Waals surface area contributed by atoms with Gasteiger partial charge in [-0.3, -0.25) is 0 Å². The summed E-state index contributed by atoms with van der Waals surface area (Å²) in [5.41, 5.74) is 2.38. The SMILES string of the molecule is Cn1c(C(=O)O)cc2nc(C3CCOCC3)cnc21. The molecule has 3 rings (SSSR count). The van der Waals surface area contributed by atoms with E-state index < -0.39 is 5.97 Å². The minimum absolute atomic E-state index is 0.208. The molecule has 6 nitrogen and oxygen atoms in total. The van der Waals surface area contributed by atoms with Gasteiger partial charge in [-0.25, -0.2) is 14.8 Å². The summed E-state index contributed by atoms with van der Waals surface area (Å²) >= 11 is 0. The van der Waals surface area contributed by atoms with Gasteiger partial charge in [-0.15, -0.1) is 0 Å². The molecule has 3 heterocycles. The Kier molecular flexibility index (Phi) is 2.94. The molecule has 2 aromatic rings. The lowest BCUT2D eigenvalue weighted by Crippen LogP contribution is -2.15. The number of hydrogen-bond acceptors (Lipinski definition) is 4. The predicted molar refractivity (Wildman–Crippen MR) is 68.3 cm³/mol. The van der Waals surface area contributed by atoms with E-state index in [1.165, 1.54) is 0 Å². The highest BCUT2D eigenvalue weighted by Crippen LogP contribution is 2.26. The maximum atomic E-state index is 11.1. The van der Waals surface area contributed by atoms with Gasteiger partial charge in [-0.05, 0) is 18.9 Å². The van der Waals surface area contributed by atoms with E-state index in [1.807, 2.05) is 0 Å². The van der Waals surface area contributed by atoms with Gasteiger partial charge in [0.15, 0.2) is 5.65 Å². The Balaban J connectivity index is 2.03. The lowest BCUT2D eigenvalue weighted by molar-refractivity contribution is 0.0687. The molecular formula is C13H15N3O3. The fraction of sp³-hybridized carbons (Fsp3) is 0.462. The van der Waals surface area contributed by atoms with E-state index in [0.29, 0.717) is 17.1 Å². The first-order chi connectivity index (χ1) is 9.16. The lowest BCUT2D eigenvalue weighted by Gasteiger charge is -2.21. The van der Waals surface area contributed by atoms with Crippen LogP contribution < -0.4 is 0 Å². The smallest absolute Gasteiger partial charge is 0.352 e. The van der Waals surface area contributed by atoms with Crippen LogP contribution in [0.4, 0.5) is 0 Å². The zero-order chi connectivity index (χ0) is 13.4. The normalized spacial score (nSPS) is 16.9. The second-order valence-corrected chi connectivity index (χ2v) is 4.78. The molecule has 0 bridgehead atoms. The van der Waals surface area contributed by atoms with Crippen molar-refractivity contribution in [1.29, 1.82) is 0 Å². The van der Waals surface area contributed by atoms with Gasteiger partial charge in [-0.2, -0.15) is 0 Å². The van der Waals surface area contributed by atoms with Crippen molar-refractivity contribution >= 4 is 17.1 Å².